The minimum absolute atomic E-state index is 0.289. The lowest BCUT2D eigenvalue weighted by molar-refractivity contribution is -0.000660. The Kier molecular flexibility index (Phi) is 4.11. The first-order valence-electron chi connectivity index (χ1n) is 7.23. The molecule has 3 unspecified atom stereocenters. The second-order valence-electron chi connectivity index (χ2n) is 6.53. The quantitative estimate of drug-likeness (QED) is 0.583. The molecule has 0 aliphatic heterocycles. The summed E-state index contributed by atoms with van der Waals surface area (Å²) in [6.45, 7) is 2.39. The van der Waals surface area contributed by atoms with Gasteiger partial charge in [0, 0.05) is 11.6 Å². The maximum atomic E-state index is 5.91. The van der Waals surface area contributed by atoms with Gasteiger partial charge in [0.1, 0.15) is 0 Å². The van der Waals surface area contributed by atoms with Gasteiger partial charge in [0.25, 0.3) is 0 Å². The average Bonchev–Trinajstić information content (AvgIpc) is 2.22. The molecule has 0 aromatic carbocycles. The number of nitrogens with zero attached hydrogens (tertiary/aromatic N) is 1. The zero-order valence-corrected chi connectivity index (χ0v) is 11.7. The molecule has 0 radical (unpaired) electrons. The highest BCUT2D eigenvalue weighted by Gasteiger charge is 2.47. The molecule has 0 aromatic heterocycles. The van der Waals surface area contributed by atoms with Gasteiger partial charge in [0.05, 0.1) is 0 Å². The van der Waals surface area contributed by atoms with E-state index in [1.54, 1.807) is 0 Å². The number of hydrazine groups is 1. The van der Waals surface area contributed by atoms with Crippen molar-refractivity contribution in [3.63, 3.8) is 0 Å². The Bertz CT molecular complexity index is 250. The maximum absolute atomic E-state index is 5.91. The second kappa shape index (κ2) is 5.25. The lowest BCUT2D eigenvalue weighted by Crippen LogP contribution is -2.65. The molecule has 3 heteroatoms. The van der Waals surface area contributed by atoms with Crippen molar-refractivity contribution in [1.29, 1.82) is 0 Å². The Hall–Kier alpha value is -0.120. The third-order valence-corrected chi connectivity index (χ3v) is 5.28. The summed E-state index contributed by atoms with van der Waals surface area (Å²) in [4.78, 5) is 2.45. The van der Waals surface area contributed by atoms with Crippen LogP contribution in [0.2, 0.25) is 0 Å². The number of nitrogens with one attached hydrogen (secondary N) is 1. The van der Waals surface area contributed by atoms with E-state index >= 15 is 0 Å². The van der Waals surface area contributed by atoms with Gasteiger partial charge in [-0.05, 0) is 51.6 Å². The standard InChI is InChI=1S/C14H29N3/c1-11-6-5-9-14(10-11,17(2)3)13(16-15)12-7-4-8-12/h11-13,16H,4-10,15H2,1-3H3. The Labute approximate surface area is 106 Å². The summed E-state index contributed by atoms with van der Waals surface area (Å²) in [5.41, 5.74) is 3.46. The smallest absolute Gasteiger partial charge is 0.0422 e. The predicted octanol–water partition coefficient (Wildman–Crippen LogP) is 2.13. The predicted molar refractivity (Wildman–Crippen MR) is 72.5 cm³/mol. The highest BCUT2D eigenvalue weighted by molar-refractivity contribution is 5.05. The monoisotopic (exact) mass is 239 g/mol. The van der Waals surface area contributed by atoms with Crippen LogP contribution in [0.25, 0.3) is 0 Å². The molecule has 100 valence electrons. The van der Waals surface area contributed by atoms with E-state index in [4.69, 9.17) is 5.84 Å². The van der Waals surface area contributed by atoms with Crippen LogP contribution in [-0.4, -0.2) is 30.6 Å². The Morgan fingerprint density at radius 1 is 1.24 bits per heavy atom. The molecule has 3 N–H and O–H groups in total. The second-order valence-corrected chi connectivity index (χ2v) is 6.53. The fraction of sp³-hybridized carbons (Fsp3) is 1.00. The molecule has 2 rings (SSSR count). The van der Waals surface area contributed by atoms with E-state index in [9.17, 15) is 0 Å². The van der Waals surface area contributed by atoms with Gasteiger partial charge in [-0.2, -0.15) is 0 Å². The van der Waals surface area contributed by atoms with E-state index < -0.39 is 0 Å². The van der Waals surface area contributed by atoms with Crippen molar-refractivity contribution < 1.29 is 0 Å². The molecule has 0 spiro atoms. The van der Waals surface area contributed by atoms with E-state index in [1.807, 2.05) is 0 Å². The first kappa shape index (κ1) is 13.3. The first-order valence-corrected chi connectivity index (χ1v) is 7.23. The van der Waals surface area contributed by atoms with Crippen LogP contribution < -0.4 is 11.3 Å². The number of hydrogen-bond acceptors (Lipinski definition) is 3. The van der Waals surface area contributed by atoms with Crippen molar-refractivity contribution in [1.82, 2.24) is 10.3 Å². The fourth-order valence-electron chi connectivity index (χ4n) is 4.03. The highest BCUT2D eigenvalue weighted by Crippen LogP contribution is 2.44. The van der Waals surface area contributed by atoms with Gasteiger partial charge in [-0.25, -0.2) is 0 Å². The Balaban J connectivity index is 2.18. The van der Waals surface area contributed by atoms with Gasteiger partial charge in [0.15, 0.2) is 0 Å². The van der Waals surface area contributed by atoms with Crippen molar-refractivity contribution in [2.45, 2.75) is 63.5 Å². The van der Waals surface area contributed by atoms with Gasteiger partial charge in [-0.15, -0.1) is 0 Å². The minimum Gasteiger partial charge on any atom is -0.302 e. The van der Waals surface area contributed by atoms with E-state index in [-0.39, 0.29) is 5.54 Å². The number of hydrogen-bond donors (Lipinski definition) is 2. The van der Waals surface area contributed by atoms with Crippen LogP contribution in [0.15, 0.2) is 0 Å². The molecule has 2 saturated carbocycles. The van der Waals surface area contributed by atoms with E-state index in [2.05, 4.69) is 31.3 Å². The SMILES string of the molecule is CC1CCCC(C(NN)C2CCC2)(N(C)C)C1. The molecule has 3 nitrogen and oxygen atoms in total. The van der Waals surface area contributed by atoms with Crippen molar-refractivity contribution in [2.75, 3.05) is 14.1 Å². The van der Waals surface area contributed by atoms with Gasteiger partial charge in [-0.3, -0.25) is 11.3 Å². The van der Waals surface area contributed by atoms with Crippen LogP contribution in [0.4, 0.5) is 0 Å². The molecular formula is C14H29N3. The minimum atomic E-state index is 0.289. The average molecular weight is 239 g/mol. The van der Waals surface area contributed by atoms with Gasteiger partial charge in [-0.1, -0.05) is 26.2 Å². The van der Waals surface area contributed by atoms with E-state index in [0.717, 1.165) is 11.8 Å². The molecule has 2 aliphatic carbocycles. The van der Waals surface area contributed by atoms with Gasteiger partial charge < -0.3 is 4.90 Å². The van der Waals surface area contributed by atoms with Crippen LogP contribution in [0.5, 0.6) is 0 Å². The van der Waals surface area contributed by atoms with Crippen molar-refractivity contribution >= 4 is 0 Å². The van der Waals surface area contributed by atoms with Crippen molar-refractivity contribution in [3.8, 4) is 0 Å². The molecule has 2 aliphatic rings. The largest absolute Gasteiger partial charge is 0.302 e. The van der Waals surface area contributed by atoms with Crippen LogP contribution >= 0.6 is 0 Å². The summed E-state index contributed by atoms with van der Waals surface area (Å²) in [7, 11) is 4.47. The lowest BCUT2D eigenvalue weighted by Gasteiger charge is -2.53. The topological polar surface area (TPSA) is 41.3 Å². The summed E-state index contributed by atoms with van der Waals surface area (Å²) < 4.78 is 0. The fourth-order valence-corrected chi connectivity index (χ4v) is 4.03. The van der Waals surface area contributed by atoms with Gasteiger partial charge in [0.2, 0.25) is 0 Å². The van der Waals surface area contributed by atoms with Crippen LogP contribution in [-0.2, 0) is 0 Å². The summed E-state index contributed by atoms with van der Waals surface area (Å²) in [5.74, 6) is 7.54. The third-order valence-electron chi connectivity index (χ3n) is 5.28. The molecule has 17 heavy (non-hydrogen) atoms. The normalized spacial score (nSPS) is 36.9. The zero-order chi connectivity index (χ0) is 12.5. The molecule has 2 fully saturated rings. The molecule has 0 bridgehead atoms. The van der Waals surface area contributed by atoms with Crippen LogP contribution in [0.1, 0.15) is 51.9 Å². The Morgan fingerprint density at radius 2 is 1.94 bits per heavy atom. The number of likely N-dealkylation sites (N-methyl/N-ethyl adjacent to an activating group) is 1. The van der Waals surface area contributed by atoms with Crippen LogP contribution in [0, 0.1) is 11.8 Å². The zero-order valence-electron chi connectivity index (χ0n) is 11.7. The summed E-state index contributed by atoms with van der Waals surface area (Å²) in [6.07, 6.45) is 9.45. The van der Waals surface area contributed by atoms with E-state index in [0.29, 0.717) is 6.04 Å². The molecular weight excluding hydrogens is 210 g/mol. The van der Waals surface area contributed by atoms with E-state index in [1.165, 1.54) is 44.9 Å². The molecule has 0 amide bonds. The third kappa shape index (κ3) is 2.38. The Morgan fingerprint density at radius 3 is 2.35 bits per heavy atom. The van der Waals surface area contributed by atoms with Crippen molar-refractivity contribution in [3.05, 3.63) is 0 Å². The van der Waals surface area contributed by atoms with Crippen LogP contribution in [0.3, 0.4) is 0 Å². The molecule has 0 aromatic rings. The molecule has 3 atom stereocenters. The summed E-state index contributed by atoms with van der Waals surface area (Å²) in [6, 6.07) is 0.481. The lowest BCUT2D eigenvalue weighted by atomic mass is 9.64. The molecule has 0 saturated heterocycles. The molecule has 0 heterocycles. The highest BCUT2D eigenvalue weighted by atomic mass is 15.3. The maximum Gasteiger partial charge on any atom is 0.0422 e. The summed E-state index contributed by atoms with van der Waals surface area (Å²) in [5, 5.41) is 0. The number of nitrogens with two attached hydrogens (primary N) is 1. The first-order chi connectivity index (χ1) is 8.10. The summed E-state index contributed by atoms with van der Waals surface area (Å²) >= 11 is 0. The van der Waals surface area contributed by atoms with Crippen molar-refractivity contribution in [2.24, 2.45) is 17.7 Å². The number of rotatable bonds is 4. The van der Waals surface area contributed by atoms with Gasteiger partial charge >= 0.3 is 0 Å².